The number of nitrogens with zero attached hydrogens (tertiary/aromatic N) is 6. The minimum Gasteiger partial charge on any atom is -0.411 e. The fourth-order valence-corrected chi connectivity index (χ4v) is 3.52. The van der Waals surface area contributed by atoms with Gasteiger partial charge in [0.25, 0.3) is 5.22 Å². The lowest BCUT2D eigenvalue weighted by molar-refractivity contribution is 0.465. The Kier molecular flexibility index (Phi) is 3.95. The van der Waals surface area contributed by atoms with E-state index < -0.39 is 0 Å². The van der Waals surface area contributed by atoms with Crippen molar-refractivity contribution in [2.45, 2.75) is 16.7 Å². The van der Waals surface area contributed by atoms with Gasteiger partial charge in [0, 0.05) is 24.4 Å². The minimum absolute atomic E-state index is 0.408. The molecule has 0 N–H and O–H groups in total. The molecule has 0 amide bonds. The molecule has 130 valence electrons. The minimum atomic E-state index is 0.408. The molecular formula is C19H12N6OS. The zero-order valence-corrected chi connectivity index (χ0v) is 14.8. The Morgan fingerprint density at radius 1 is 0.889 bits per heavy atom. The lowest BCUT2D eigenvalue weighted by atomic mass is 10.1. The monoisotopic (exact) mass is 372 g/mol. The Morgan fingerprint density at radius 3 is 2.59 bits per heavy atom. The van der Waals surface area contributed by atoms with Gasteiger partial charge in [0.15, 0.2) is 0 Å². The van der Waals surface area contributed by atoms with Crippen molar-refractivity contribution >= 4 is 23.2 Å². The summed E-state index contributed by atoms with van der Waals surface area (Å²) in [7, 11) is 0. The lowest BCUT2D eigenvalue weighted by Crippen LogP contribution is -2.00. The Balaban J connectivity index is 1.44. The second-order valence-electron chi connectivity index (χ2n) is 5.79. The van der Waals surface area contributed by atoms with Crippen LogP contribution in [0.25, 0.3) is 11.5 Å². The first-order valence-electron chi connectivity index (χ1n) is 8.25. The smallest absolute Gasteiger partial charge is 0.283 e. The Bertz CT molecular complexity index is 1130. The molecule has 0 radical (unpaired) electrons. The van der Waals surface area contributed by atoms with Crippen LogP contribution in [0.5, 0.6) is 0 Å². The molecule has 0 atom stereocenters. The molecule has 1 aliphatic rings. The summed E-state index contributed by atoms with van der Waals surface area (Å²) in [5.41, 5.74) is 4.56. The highest BCUT2D eigenvalue weighted by Gasteiger charge is 2.23. The van der Waals surface area contributed by atoms with Gasteiger partial charge in [0.05, 0.1) is 11.4 Å². The molecule has 4 heterocycles. The van der Waals surface area contributed by atoms with Gasteiger partial charge in [-0.05, 0) is 29.5 Å². The van der Waals surface area contributed by atoms with Crippen molar-refractivity contribution < 1.29 is 4.42 Å². The first kappa shape index (κ1) is 15.8. The number of benzene rings is 1. The Labute approximate surface area is 158 Å². The molecule has 0 saturated carbocycles. The van der Waals surface area contributed by atoms with Crippen molar-refractivity contribution in [1.29, 1.82) is 0 Å². The van der Waals surface area contributed by atoms with Gasteiger partial charge in [0.1, 0.15) is 17.0 Å². The molecule has 7 nitrogen and oxygen atoms in total. The first-order chi connectivity index (χ1) is 13.4. The van der Waals surface area contributed by atoms with E-state index in [2.05, 4.69) is 25.1 Å². The van der Waals surface area contributed by atoms with Gasteiger partial charge in [-0.25, -0.2) is 15.0 Å². The SMILES string of the molecule is c1ccc(C2=Nc3c(ncnc3Sc3nnc(-c4ccncc4)o3)C2)cc1. The molecule has 0 bridgehead atoms. The second-order valence-corrected chi connectivity index (χ2v) is 6.73. The summed E-state index contributed by atoms with van der Waals surface area (Å²) in [6.45, 7) is 0. The molecule has 5 rings (SSSR count). The van der Waals surface area contributed by atoms with E-state index in [9.17, 15) is 0 Å². The van der Waals surface area contributed by atoms with E-state index in [1.54, 1.807) is 18.7 Å². The van der Waals surface area contributed by atoms with Crippen LogP contribution in [-0.4, -0.2) is 30.9 Å². The molecule has 0 unspecified atom stereocenters. The first-order valence-corrected chi connectivity index (χ1v) is 9.07. The quantitative estimate of drug-likeness (QED) is 0.504. The van der Waals surface area contributed by atoms with Crippen LogP contribution in [0.1, 0.15) is 11.3 Å². The third kappa shape index (κ3) is 3.11. The van der Waals surface area contributed by atoms with Crippen LogP contribution in [0.15, 0.2) is 80.8 Å². The maximum absolute atomic E-state index is 5.75. The Morgan fingerprint density at radius 2 is 1.74 bits per heavy atom. The third-order valence-electron chi connectivity index (χ3n) is 4.07. The normalized spacial score (nSPS) is 12.7. The van der Waals surface area contributed by atoms with E-state index in [0.29, 0.717) is 22.6 Å². The van der Waals surface area contributed by atoms with Crippen molar-refractivity contribution in [2.75, 3.05) is 0 Å². The maximum Gasteiger partial charge on any atom is 0.283 e. The summed E-state index contributed by atoms with van der Waals surface area (Å²) in [6, 6.07) is 13.7. The predicted molar refractivity (Wildman–Crippen MR) is 100 cm³/mol. The molecule has 4 aromatic rings. The van der Waals surface area contributed by atoms with Crippen LogP contribution >= 0.6 is 11.8 Å². The second kappa shape index (κ2) is 6.73. The lowest BCUT2D eigenvalue weighted by Gasteiger charge is -2.00. The van der Waals surface area contributed by atoms with Crippen LogP contribution in [-0.2, 0) is 6.42 Å². The van der Waals surface area contributed by atoms with E-state index in [4.69, 9.17) is 9.41 Å². The van der Waals surface area contributed by atoms with Gasteiger partial charge in [-0.3, -0.25) is 4.98 Å². The van der Waals surface area contributed by atoms with Crippen LogP contribution < -0.4 is 0 Å². The van der Waals surface area contributed by atoms with E-state index >= 15 is 0 Å². The molecule has 0 saturated heterocycles. The summed E-state index contributed by atoms with van der Waals surface area (Å²) in [5.74, 6) is 0.444. The number of hydrogen-bond acceptors (Lipinski definition) is 8. The summed E-state index contributed by atoms with van der Waals surface area (Å²) >= 11 is 1.29. The molecule has 8 heteroatoms. The molecule has 27 heavy (non-hydrogen) atoms. The number of pyridine rings is 1. The van der Waals surface area contributed by atoms with E-state index in [1.165, 1.54) is 11.8 Å². The molecule has 3 aromatic heterocycles. The third-order valence-corrected chi connectivity index (χ3v) is 4.90. The topological polar surface area (TPSA) is 90.0 Å². The van der Waals surface area contributed by atoms with Crippen LogP contribution in [0.4, 0.5) is 5.69 Å². The zero-order chi connectivity index (χ0) is 18.1. The van der Waals surface area contributed by atoms with Gasteiger partial charge in [-0.1, -0.05) is 30.3 Å². The van der Waals surface area contributed by atoms with Crippen molar-refractivity contribution in [2.24, 2.45) is 4.99 Å². The molecular weight excluding hydrogens is 360 g/mol. The number of fused-ring (bicyclic) bond motifs is 1. The molecule has 0 aliphatic carbocycles. The zero-order valence-electron chi connectivity index (χ0n) is 14.0. The highest BCUT2D eigenvalue weighted by atomic mass is 32.2. The fraction of sp³-hybridized carbons (Fsp3) is 0.0526. The van der Waals surface area contributed by atoms with Crippen LogP contribution in [0.2, 0.25) is 0 Å². The van der Waals surface area contributed by atoms with Crippen molar-refractivity contribution in [3.8, 4) is 11.5 Å². The van der Waals surface area contributed by atoms with Crippen molar-refractivity contribution in [3.63, 3.8) is 0 Å². The van der Waals surface area contributed by atoms with Crippen molar-refractivity contribution in [1.82, 2.24) is 25.1 Å². The standard InChI is InChI=1S/C19H12N6OS/c1-2-4-12(5-3-1)14-10-15-16(23-14)18(22-11-21-15)27-19-25-24-17(26-19)13-6-8-20-9-7-13/h1-9,11H,10H2. The molecule has 0 spiro atoms. The van der Waals surface area contributed by atoms with Gasteiger partial charge in [-0.15, -0.1) is 10.2 Å². The summed E-state index contributed by atoms with van der Waals surface area (Å²) in [6.07, 6.45) is 5.60. The van der Waals surface area contributed by atoms with Gasteiger partial charge in [-0.2, -0.15) is 0 Å². The molecule has 1 aliphatic heterocycles. The predicted octanol–water partition coefficient (Wildman–Crippen LogP) is 3.75. The number of hydrogen-bond donors (Lipinski definition) is 0. The fourth-order valence-electron chi connectivity index (χ4n) is 2.79. The number of aromatic nitrogens is 5. The van der Waals surface area contributed by atoms with E-state index in [-0.39, 0.29) is 0 Å². The highest BCUT2D eigenvalue weighted by Crippen LogP contribution is 2.38. The van der Waals surface area contributed by atoms with Crippen LogP contribution in [0.3, 0.4) is 0 Å². The largest absolute Gasteiger partial charge is 0.411 e. The Hall–Kier alpha value is -3.39. The number of aliphatic imine (C=N–C) groups is 1. The molecule has 0 fully saturated rings. The maximum atomic E-state index is 5.75. The van der Waals surface area contributed by atoms with Crippen LogP contribution in [0, 0.1) is 0 Å². The number of rotatable bonds is 4. The summed E-state index contributed by atoms with van der Waals surface area (Å²) < 4.78 is 5.75. The van der Waals surface area contributed by atoms with Crippen molar-refractivity contribution in [3.05, 3.63) is 72.4 Å². The molecule has 1 aromatic carbocycles. The van der Waals surface area contributed by atoms with Gasteiger partial charge >= 0.3 is 0 Å². The average molecular weight is 372 g/mol. The van der Waals surface area contributed by atoms with Gasteiger partial charge in [0.2, 0.25) is 5.89 Å². The van der Waals surface area contributed by atoms with E-state index in [1.807, 2.05) is 42.5 Å². The summed E-state index contributed by atoms with van der Waals surface area (Å²) in [4.78, 5) is 17.5. The van der Waals surface area contributed by atoms with Gasteiger partial charge < -0.3 is 4.42 Å². The van der Waals surface area contributed by atoms with E-state index in [0.717, 1.165) is 28.2 Å². The highest BCUT2D eigenvalue weighted by molar-refractivity contribution is 7.99. The summed E-state index contributed by atoms with van der Waals surface area (Å²) in [5, 5.41) is 9.31. The average Bonchev–Trinajstić information content (AvgIpc) is 3.37.